The van der Waals surface area contributed by atoms with Crippen molar-refractivity contribution in [3.05, 3.63) is 70.3 Å². The van der Waals surface area contributed by atoms with Gasteiger partial charge in [0.05, 0.1) is 17.0 Å². The first kappa shape index (κ1) is 29.4. The quantitative estimate of drug-likeness (QED) is 0.445. The fraction of sp³-hybridized carbons (Fsp3) is 0.533. The van der Waals surface area contributed by atoms with Crippen LogP contribution in [0.25, 0.3) is 0 Å². The van der Waals surface area contributed by atoms with E-state index in [2.05, 4.69) is 4.90 Å². The Balaban J connectivity index is 1.56. The van der Waals surface area contributed by atoms with Crippen LogP contribution < -0.4 is 0 Å². The molecule has 2 aromatic rings. The maximum Gasteiger partial charge on any atom is 0.416 e. The zero-order chi connectivity index (χ0) is 29.9. The Morgan fingerprint density at radius 3 is 2.05 bits per heavy atom. The molecule has 0 radical (unpaired) electrons. The normalized spacial score (nSPS) is 27.9. The molecule has 0 spiro atoms. The van der Waals surface area contributed by atoms with Crippen molar-refractivity contribution in [1.29, 1.82) is 0 Å². The second-order valence-corrected chi connectivity index (χ2v) is 11.9. The van der Waals surface area contributed by atoms with Gasteiger partial charge in [-0.25, -0.2) is 0 Å². The molecule has 41 heavy (non-hydrogen) atoms. The third-order valence-corrected chi connectivity index (χ3v) is 8.70. The number of carbonyl (C=O) groups is 2. The molecular weight excluding hydrogens is 548 g/mol. The van der Waals surface area contributed by atoms with E-state index in [4.69, 9.17) is 0 Å². The van der Waals surface area contributed by atoms with E-state index < -0.39 is 42.0 Å². The lowest BCUT2D eigenvalue weighted by molar-refractivity contribution is -0.158. The number of fused-ring (bicyclic) bond motifs is 2. The summed E-state index contributed by atoms with van der Waals surface area (Å²) in [6.45, 7) is 5.05. The molecule has 5 atom stereocenters. The second-order valence-electron chi connectivity index (χ2n) is 11.9. The van der Waals surface area contributed by atoms with E-state index in [1.807, 2.05) is 45.2 Å². The minimum absolute atomic E-state index is 0.0889. The van der Waals surface area contributed by atoms with Crippen LogP contribution >= 0.6 is 0 Å². The molecule has 3 aliphatic heterocycles. The molecule has 0 aromatic heterocycles. The van der Waals surface area contributed by atoms with Crippen LogP contribution in [-0.2, 0) is 28.5 Å². The number of carbonyl (C=O) groups excluding carboxylic acids is 2. The number of hydrogen-bond acceptors (Lipinski definition) is 3. The molecule has 3 saturated heterocycles. The van der Waals surface area contributed by atoms with E-state index in [-0.39, 0.29) is 54.3 Å². The van der Waals surface area contributed by atoms with Crippen LogP contribution in [0.4, 0.5) is 26.3 Å². The number of halogens is 6. The maximum atomic E-state index is 14.3. The van der Waals surface area contributed by atoms with Gasteiger partial charge in [-0.3, -0.25) is 9.59 Å². The number of aryl methyl sites for hydroxylation is 1. The van der Waals surface area contributed by atoms with E-state index in [0.717, 1.165) is 17.7 Å². The van der Waals surface area contributed by atoms with Crippen molar-refractivity contribution in [3.63, 3.8) is 0 Å². The Morgan fingerprint density at radius 1 is 0.854 bits per heavy atom. The number of amides is 2. The summed E-state index contributed by atoms with van der Waals surface area (Å²) >= 11 is 0. The van der Waals surface area contributed by atoms with Gasteiger partial charge in [0, 0.05) is 32.1 Å². The van der Waals surface area contributed by atoms with Crippen LogP contribution in [0.2, 0.25) is 0 Å². The van der Waals surface area contributed by atoms with Crippen LogP contribution in [0.1, 0.15) is 47.1 Å². The highest BCUT2D eigenvalue weighted by Crippen LogP contribution is 2.47. The highest BCUT2D eigenvalue weighted by Gasteiger charge is 2.54. The summed E-state index contributed by atoms with van der Waals surface area (Å²) in [5.41, 5.74) is -1.16. The average Bonchev–Trinajstić information content (AvgIpc) is 3.00. The van der Waals surface area contributed by atoms with E-state index in [1.54, 1.807) is 4.90 Å². The van der Waals surface area contributed by atoms with Crippen molar-refractivity contribution in [3.8, 4) is 0 Å². The molecule has 0 N–H and O–H groups in total. The third-order valence-electron chi connectivity index (χ3n) is 8.70. The average molecular weight is 582 g/mol. The first-order valence-corrected chi connectivity index (χ1v) is 13.8. The maximum absolute atomic E-state index is 14.3. The van der Waals surface area contributed by atoms with Gasteiger partial charge in [-0.2, -0.15) is 26.3 Å². The molecule has 0 bridgehead atoms. The Bertz CT molecular complexity index is 1280. The van der Waals surface area contributed by atoms with Crippen molar-refractivity contribution < 1.29 is 35.9 Å². The van der Waals surface area contributed by atoms with Crippen molar-refractivity contribution >= 4 is 11.8 Å². The predicted octanol–water partition coefficient (Wildman–Crippen LogP) is 5.57. The number of rotatable bonds is 3. The van der Waals surface area contributed by atoms with Crippen LogP contribution in [0.15, 0.2) is 42.5 Å². The van der Waals surface area contributed by atoms with Gasteiger partial charge in [-0.05, 0) is 68.1 Å². The molecule has 11 heteroatoms. The monoisotopic (exact) mass is 581 g/mol. The molecule has 3 heterocycles. The van der Waals surface area contributed by atoms with Gasteiger partial charge in [0.25, 0.3) is 0 Å². The summed E-state index contributed by atoms with van der Waals surface area (Å²) in [7, 11) is 1.96. The Hall–Kier alpha value is -3.08. The Morgan fingerprint density at radius 2 is 1.46 bits per heavy atom. The molecule has 222 valence electrons. The smallest absolute Gasteiger partial charge is 0.336 e. The summed E-state index contributed by atoms with van der Waals surface area (Å²) in [6.07, 6.45) is -9.28. The number of benzene rings is 2. The largest absolute Gasteiger partial charge is 0.416 e. The van der Waals surface area contributed by atoms with E-state index in [9.17, 15) is 35.9 Å². The zero-order valence-electron chi connectivity index (χ0n) is 23.1. The molecule has 0 aliphatic carbocycles. The van der Waals surface area contributed by atoms with Crippen LogP contribution in [0.5, 0.6) is 0 Å². The van der Waals surface area contributed by atoms with E-state index in [1.165, 1.54) is 4.90 Å². The number of piperidine rings is 2. The molecule has 0 saturated carbocycles. The summed E-state index contributed by atoms with van der Waals surface area (Å²) in [4.78, 5) is 33.2. The number of hydrogen-bond donors (Lipinski definition) is 0. The van der Waals surface area contributed by atoms with Gasteiger partial charge in [-0.15, -0.1) is 0 Å². The van der Waals surface area contributed by atoms with Crippen molar-refractivity contribution in [1.82, 2.24) is 14.7 Å². The summed E-state index contributed by atoms with van der Waals surface area (Å²) < 4.78 is 81.2. The Kier molecular flexibility index (Phi) is 7.63. The minimum Gasteiger partial charge on any atom is -0.336 e. The molecule has 3 fully saturated rings. The summed E-state index contributed by atoms with van der Waals surface area (Å²) in [5, 5.41) is 0. The van der Waals surface area contributed by atoms with Crippen molar-refractivity contribution in [2.45, 2.75) is 51.1 Å². The lowest BCUT2D eigenvalue weighted by Gasteiger charge is -2.51. The first-order valence-electron chi connectivity index (χ1n) is 13.8. The summed E-state index contributed by atoms with van der Waals surface area (Å²) in [5.74, 6) is -1.57. The molecule has 2 amide bonds. The SMILES string of the molecule is Cc1ccc(C2C3CCN(C)CC3C(=O)N3C[C@@H](C)CN(Cc4cc(C(F)(F)F)cc(C(F)(F)F)c4)C(=O)C23)cc1. The zero-order valence-corrected chi connectivity index (χ0v) is 23.1. The molecule has 5 nitrogen and oxygen atoms in total. The lowest BCUT2D eigenvalue weighted by Crippen LogP contribution is -2.63. The minimum atomic E-state index is -4.99. The van der Waals surface area contributed by atoms with Crippen LogP contribution in [0, 0.1) is 24.7 Å². The highest BCUT2D eigenvalue weighted by molar-refractivity contribution is 5.92. The third kappa shape index (κ3) is 5.82. The molecule has 4 unspecified atom stereocenters. The molecule has 2 aromatic carbocycles. The van der Waals surface area contributed by atoms with Crippen LogP contribution in [0.3, 0.4) is 0 Å². The van der Waals surface area contributed by atoms with Gasteiger partial charge in [-0.1, -0.05) is 36.8 Å². The molecular formula is C30H33F6N3O2. The van der Waals surface area contributed by atoms with Gasteiger partial charge >= 0.3 is 12.4 Å². The number of nitrogens with zero attached hydrogens (tertiary/aromatic N) is 3. The first-order chi connectivity index (χ1) is 19.1. The number of alkyl halides is 6. The van der Waals surface area contributed by atoms with Crippen LogP contribution in [-0.4, -0.2) is 65.8 Å². The fourth-order valence-electron chi connectivity index (χ4n) is 6.83. The topological polar surface area (TPSA) is 43.9 Å². The van der Waals surface area contributed by atoms with Gasteiger partial charge in [0.15, 0.2) is 0 Å². The fourth-order valence-corrected chi connectivity index (χ4v) is 6.83. The van der Waals surface area contributed by atoms with Crippen molar-refractivity contribution in [2.75, 3.05) is 33.2 Å². The van der Waals surface area contributed by atoms with Gasteiger partial charge in [0.1, 0.15) is 6.04 Å². The lowest BCUT2D eigenvalue weighted by atomic mass is 9.66. The number of likely N-dealkylation sites (tertiary alicyclic amines) is 1. The van der Waals surface area contributed by atoms with E-state index in [0.29, 0.717) is 25.1 Å². The van der Waals surface area contributed by atoms with E-state index >= 15 is 0 Å². The molecule has 3 aliphatic rings. The second kappa shape index (κ2) is 10.6. The standard InChI is InChI=1S/C30H33F6N3O2/c1-17-4-6-20(7-5-17)25-23-8-9-37(3)16-24(23)27(40)39-14-18(2)13-38(28(41)26(25)39)15-19-10-21(29(31,32)33)12-22(11-19)30(34,35)36/h4-7,10-12,18,23-26H,8-9,13-16H2,1-3H3/t18-,23?,24?,25?,26?/m0/s1. The van der Waals surface area contributed by atoms with Gasteiger partial charge < -0.3 is 14.7 Å². The Labute approximate surface area is 235 Å². The predicted molar refractivity (Wildman–Crippen MR) is 140 cm³/mol. The molecule has 5 rings (SSSR count). The highest BCUT2D eigenvalue weighted by atomic mass is 19.4. The van der Waals surface area contributed by atoms with Gasteiger partial charge in [0.2, 0.25) is 11.8 Å². The summed E-state index contributed by atoms with van der Waals surface area (Å²) in [6, 6.07) is 8.35. The van der Waals surface area contributed by atoms with Crippen molar-refractivity contribution in [2.24, 2.45) is 17.8 Å².